The number of fused-ring (bicyclic) bond motifs is 1. The van der Waals surface area contributed by atoms with Crippen LogP contribution < -0.4 is 5.73 Å². The fraction of sp³-hybridized carbons (Fsp3) is 0.412. The third-order valence-electron chi connectivity index (χ3n) is 4.27. The molecule has 0 spiro atoms. The van der Waals surface area contributed by atoms with E-state index in [4.69, 9.17) is 5.73 Å². The number of nitrogens with two attached hydrogens (primary N) is 1. The summed E-state index contributed by atoms with van der Waals surface area (Å²) < 4.78 is 41.8. The first-order valence-electron chi connectivity index (χ1n) is 8.03. The second-order valence-corrected chi connectivity index (χ2v) is 6.34. The van der Waals surface area contributed by atoms with Gasteiger partial charge in [-0.1, -0.05) is 0 Å². The molecule has 1 aliphatic rings. The number of hydrogen-bond acceptors (Lipinski definition) is 3. The maximum absolute atomic E-state index is 13.7. The Kier molecular flexibility index (Phi) is 4.80. The summed E-state index contributed by atoms with van der Waals surface area (Å²) in [5.74, 6) is -2.46. The molecule has 2 N–H and O–H groups in total. The van der Waals surface area contributed by atoms with Gasteiger partial charge >= 0.3 is 0 Å². The zero-order valence-electron chi connectivity index (χ0n) is 13.8. The lowest BCUT2D eigenvalue weighted by Gasteiger charge is -2.29. The third kappa shape index (κ3) is 3.84. The van der Waals surface area contributed by atoms with Crippen molar-refractivity contribution in [1.82, 2.24) is 14.5 Å². The summed E-state index contributed by atoms with van der Waals surface area (Å²) in [4.78, 5) is 18.4. The second kappa shape index (κ2) is 6.87. The summed E-state index contributed by atoms with van der Waals surface area (Å²) in [7, 11) is 0. The van der Waals surface area contributed by atoms with Gasteiger partial charge in [0.1, 0.15) is 11.6 Å². The minimum atomic E-state index is -1.24. The summed E-state index contributed by atoms with van der Waals surface area (Å²) in [5, 5.41) is 0. The smallest absolute Gasteiger partial charge is 0.225 e. The van der Waals surface area contributed by atoms with Gasteiger partial charge in [0.15, 0.2) is 11.6 Å². The zero-order valence-corrected chi connectivity index (χ0v) is 13.8. The van der Waals surface area contributed by atoms with Crippen LogP contribution in [-0.4, -0.2) is 32.9 Å². The summed E-state index contributed by atoms with van der Waals surface area (Å²) >= 11 is 0. The maximum Gasteiger partial charge on any atom is 0.225 e. The number of benzene rings is 1. The molecule has 2 heterocycles. The zero-order chi connectivity index (χ0) is 18.1. The van der Waals surface area contributed by atoms with Crippen LogP contribution in [-0.2, 0) is 24.3 Å². The number of imidazole rings is 1. The summed E-state index contributed by atoms with van der Waals surface area (Å²) in [6.45, 7) is 2.84. The average Bonchev–Trinajstić information content (AvgIpc) is 2.91. The number of hydrogen-bond donors (Lipinski definition) is 1. The molecule has 0 unspecified atom stereocenters. The Bertz CT molecular complexity index is 805. The molecule has 1 aromatic carbocycles. The first-order valence-corrected chi connectivity index (χ1v) is 8.03. The van der Waals surface area contributed by atoms with Crippen LogP contribution >= 0.6 is 0 Å². The van der Waals surface area contributed by atoms with E-state index >= 15 is 0 Å². The van der Waals surface area contributed by atoms with Gasteiger partial charge in [0, 0.05) is 37.7 Å². The van der Waals surface area contributed by atoms with E-state index < -0.39 is 23.5 Å². The molecule has 0 saturated heterocycles. The number of halogens is 3. The van der Waals surface area contributed by atoms with E-state index in [1.807, 2.05) is 17.7 Å². The fourth-order valence-electron chi connectivity index (χ4n) is 3.04. The molecule has 0 saturated carbocycles. The lowest BCUT2D eigenvalue weighted by atomic mass is 10.0. The number of carbonyl (C=O) groups excluding carboxylic acids is 1. The van der Waals surface area contributed by atoms with E-state index in [0.29, 0.717) is 25.7 Å². The van der Waals surface area contributed by atoms with Crippen LogP contribution in [0.1, 0.15) is 23.5 Å². The summed E-state index contributed by atoms with van der Waals surface area (Å²) in [6.07, 6.45) is 2.50. The highest BCUT2D eigenvalue weighted by Crippen LogP contribution is 2.17. The van der Waals surface area contributed by atoms with Crippen LogP contribution in [0.5, 0.6) is 0 Å². The molecule has 1 aliphatic heterocycles. The second-order valence-electron chi connectivity index (χ2n) is 6.34. The molecule has 3 rings (SSSR count). The molecular formula is C17H19F3N4O. The van der Waals surface area contributed by atoms with E-state index in [1.54, 1.807) is 4.90 Å². The predicted molar refractivity (Wildman–Crippen MR) is 85.0 cm³/mol. The van der Waals surface area contributed by atoms with E-state index in [1.165, 1.54) is 0 Å². The molecule has 134 valence electrons. The van der Waals surface area contributed by atoms with Crippen molar-refractivity contribution in [1.29, 1.82) is 0 Å². The molecular weight excluding hydrogens is 333 g/mol. The van der Waals surface area contributed by atoms with Gasteiger partial charge in [0.2, 0.25) is 5.91 Å². The highest BCUT2D eigenvalue weighted by molar-refractivity contribution is 5.76. The number of amides is 1. The van der Waals surface area contributed by atoms with Gasteiger partial charge in [-0.2, -0.15) is 0 Å². The predicted octanol–water partition coefficient (Wildman–Crippen LogP) is 1.91. The average molecular weight is 352 g/mol. The van der Waals surface area contributed by atoms with E-state index in [0.717, 1.165) is 17.6 Å². The van der Waals surface area contributed by atoms with Crippen molar-refractivity contribution in [3.8, 4) is 0 Å². The van der Waals surface area contributed by atoms with Crippen LogP contribution in [0.2, 0.25) is 0 Å². The maximum atomic E-state index is 13.7. The minimum Gasteiger partial charge on any atom is -0.327 e. The van der Waals surface area contributed by atoms with Gasteiger partial charge in [-0.25, -0.2) is 18.2 Å². The Morgan fingerprint density at radius 3 is 2.76 bits per heavy atom. The van der Waals surface area contributed by atoms with Crippen molar-refractivity contribution in [3.05, 3.63) is 52.9 Å². The van der Waals surface area contributed by atoms with E-state index in [9.17, 15) is 18.0 Å². The van der Waals surface area contributed by atoms with Gasteiger partial charge in [-0.3, -0.25) is 4.79 Å². The van der Waals surface area contributed by atoms with Crippen molar-refractivity contribution >= 4 is 5.91 Å². The lowest BCUT2D eigenvalue weighted by molar-refractivity contribution is -0.133. The fourth-order valence-corrected chi connectivity index (χ4v) is 3.04. The van der Waals surface area contributed by atoms with Crippen LogP contribution in [0.4, 0.5) is 13.2 Å². The number of nitrogens with zero attached hydrogens (tertiary/aromatic N) is 3. The van der Waals surface area contributed by atoms with Gasteiger partial charge in [0.25, 0.3) is 0 Å². The van der Waals surface area contributed by atoms with Crippen LogP contribution in [0, 0.1) is 24.4 Å². The molecule has 5 nitrogen and oxygen atoms in total. The first-order chi connectivity index (χ1) is 11.8. The Hall–Kier alpha value is -2.35. The monoisotopic (exact) mass is 352 g/mol. The highest BCUT2D eigenvalue weighted by Gasteiger charge is 2.23. The van der Waals surface area contributed by atoms with Crippen molar-refractivity contribution in [3.63, 3.8) is 0 Å². The van der Waals surface area contributed by atoms with E-state index in [-0.39, 0.29) is 24.3 Å². The largest absolute Gasteiger partial charge is 0.327 e. The third-order valence-corrected chi connectivity index (χ3v) is 4.27. The molecule has 25 heavy (non-hydrogen) atoms. The van der Waals surface area contributed by atoms with Crippen LogP contribution in [0.3, 0.4) is 0 Å². The van der Waals surface area contributed by atoms with Gasteiger partial charge < -0.3 is 15.2 Å². The number of rotatable bonds is 4. The number of carbonyl (C=O) groups is 1. The van der Waals surface area contributed by atoms with Gasteiger partial charge in [0.05, 0.1) is 12.4 Å². The molecule has 1 atom stereocenters. The molecule has 1 aromatic heterocycles. The van der Waals surface area contributed by atoms with Crippen molar-refractivity contribution in [2.75, 3.05) is 6.54 Å². The minimum absolute atomic E-state index is 0.00144. The van der Waals surface area contributed by atoms with Gasteiger partial charge in [-0.15, -0.1) is 0 Å². The molecule has 0 aliphatic carbocycles. The molecule has 1 amide bonds. The SMILES string of the molecule is Cc1cn2c(n1)CCN(C(=O)C[C@H](N)Cc1cc(F)c(F)cc1F)C2. The van der Waals surface area contributed by atoms with Crippen molar-refractivity contribution in [2.24, 2.45) is 5.73 Å². The topological polar surface area (TPSA) is 64.2 Å². The lowest BCUT2D eigenvalue weighted by Crippen LogP contribution is -2.41. The summed E-state index contributed by atoms with van der Waals surface area (Å²) in [5.41, 5.74) is 6.78. The first kappa shape index (κ1) is 17.5. The number of aromatic nitrogens is 2. The highest BCUT2D eigenvalue weighted by atomic mass is 19.2. The van der Waals surface area contributed by atoms with Crippen molar-refractivity contribution < 1.29 is 18.0 Å². The Morgan fingerprint density at radius 2 is 2.00 bits per heavy atom. The normalized spacial score (nSPS) is 15.2. The molecule has 2 aromatic rings. The van der Waals surface area contributed by atoms with Crippen LogP contribution in [0.25, 0.3) is 0 Å². The Morgan fingerprint density at radius 1 is 1.28 bits per heavy atom. The molecule has 0 fully saturated rings. The Balaban J connectivity index is 1.61. The summed E-state index contributed by atoms with van der Waals surface area (Å²) in [6, 6.07) is 0.598. The standard InChI is InChI=1S/C17H19F3N4O/c1-10-8-24-9-23(3-2-16(24)22-10)17(25)6-12(21)4-11-5-14(19)15(20)7-13(11)18/h5,7-8,12H,2-4,6,9,21H2,1H3/t12-/m1/s1. The molecule has 0 bridgehead atoms. The quantitative estimate of drug-likeness (QED) is 0.855. The molecule has 8 heteroatoms. The van der Waals surface area contributed by atoms with Crippen LogP contribution in [0.15, 0.2) is 18.3 Å². The van der Waals surface area contributed by atoms with Gasteiger partial charge in [-0.05, 0) is 25.0 Å². The Labute approximate surface area is 143 Å². The van der Waals surface area contributed by atoms with Crippen molar-refractivity contribution in [2.45, 2.75) is 38.9 Å². The molecule has 0 radical (unpaired) electrons. The van der Waals surface area contributed by atoms with E-state index in [2.05, 4.69) is 4.98 Å². The number of aryl methyl sites for hydroxylation is 1.